The molecule has 4 rings (SSSR count). The first kappa shape index (κ1) is 47.9. The molecule has 1 heterocycles. The van der Waals surface area contributed by atoms with E-state index in [0.29, 0.717) is 30.8 Å². The molecule has 17 nitrogen and oxygen atoms in total. The molecule has 1 aliphatic heterocycles. The summed E-state index contributed by atoms with van der Waals surface area (Å²) in [5, 5.41) is 22.9. The molecule has 1 fully saturated rings. The summed E-state index contributed by atoms with van der Waals surface area (Å²) in [6.07, 6.45) is -5.66. The van der Waals surface area contributed by atoms with E-state index in [9.17, 15) is 34.2 Å². The van der Waals surface area contributed by atoms with Crippen LogP contribution in [-0.2, 0) is 53.2 Å². The number of alkyl carbamates (subject to hydrolysis) is 1. The maximum atomic E-state index is 12.6. The van der Waals surface area contributed by atoms with Gasteiger partial charge in [-0.2, -0.15) is 0 Å². The summed E-state index contributed by atoms with van der Waals surface area (Å²) in [4.78, 5) is 60.0. The molecule has 5 N–H and O–H groups in total. The summed E-state index contributed by atoms with van der Waals surface area (Å²) in [6.45, 7) is 2.12. The number of hydrogen-bond donors (Lipinski definition) is 4. The third-order valence-electron chi connectivity index (χ3n) is 9.90. The van der Waals surface area contributed by atoms with Crippen molar-refractivity contribution in [3.05, 3.63) is 95.6 Å². The van der Waals surface area contributed by atoms with Gasteiger partial charge >= 0.3 is 24.0 Å². The molecule has 3 aromatic rings. The molecule has 2 amide bonds. The van der Waals surface area contributed by atoms with Gasteiger partial charge in [0.1, 0.15) is 42.0 Å². The quantitative estimate of drug-likeness (QED) is 0.0427. The van der Waals surface area contributed by atoms with Crippen molar-refractivity contribution < 1.29 is 72.1 Å². The van der Waals surface area contributed by atoms with Crippen LogP contribution < -0.4 is 20.5 Å². The first-order valence-corrected chi connectivity index (χ1v) is 20.0. The highest BCUT2D eigenvalue weighted by atomic mass is 16.7. The molecule has 0 aromatic heterocycles. The lowest BCUT2D eigenvalue weighted by Crippen LogP contribution is -2.58. The summed E-state index contributed by atoms with van der Waals surface area (Å²) in [7, 11) is 3.17. The molecule has 17 heteroatoms. The van der Waals surface area contributed by atoms with Crippen LogP contribution in [0.15, 0.2) is 78.9 Å². The Hall–Kier alpha value is -5.75. The Morgan fingerprint density at radius 2 is 1.36 bits per heavy atom. The predicted octanol–water partition coefficient (Wildman–Crippen LogP) is 4.23. The van der Waals surface area contributed by atoms with Gasteiger partial charge in [0.15, 0.2) is 12.4 Å². The fraction of sp³-hybridized carbons (Fsp3) is 0.477. The molecule has 332 valence electrons. The van der Waals surface area contributed by atoms with Crippen LogP contribution in [0.1, 0.15) is 69.1 Å². The minimum atomic E-state index is -1.20. The van der Waals surface area contributed by atoms with E-state index in [1.54, 1.807) is 14.2 Å². The van der Waals surface area contributed by atoms with E-state index in [0.717, 1.165) is 30.5 Å². The molecule has 61 heavy (non-hydrogen) atoms. The van der Waals surface area contributed by atoms with Crippen LogP contribution in [0.5, 0.6) is 11.5 Å². The Morgan fingerprint density at radius 3 is 1.90 bits per heavy atom. The number of benzene rings is 3. The number of amides is 2. The lowest BCUT2D eigenvalue weighted by atomic mass is 9.80. The summed E-state index contributed by atoms with van der Waals surface area (Å²) in [5.74, 6) is -2.94. The molecule has 0 bridgehead atoms. The zero-order valence-electron chi connectivity index (χ0n) is 34.8. The predicted molar refractivity (Wildman–Crippen MR) is 217 cm³/mol. The topological polar surface area (TPSA) is 238 Å². The SMILES string of the molecule is COc1ccc(C(OC[C@@H](O)COC(=O)NCCCCCO[C@@H]2O[C@H](CCC(=O)O)[C@@H](OC(C)=O)[C@H](OC(C)=O)[C@H]2CC(N)=O)(c2ccccc2)c2ccc(OC)cc2)cc1. The van der Waals surface area contributed by atoms with E-state index in [-0.39, 0.29) is 45.6 Å². The normalized spacial score (nSPS) is 19.2. The number of nitrogens with two attached hydrogens (primary N) is 1. The van der Waals surface area contributed by atoms with Crippen LogP contribution in [0, 0.1) is 5.92 Å². The van der Waals surface area contributed by atoms with Gasteiger partial charge in [-0.1, -0.05) is 54.6 Å². The van der Waals surface area contributed by atoms with Gasteiger partial charge in [0.25, 0.3) is 0 Å². The molecule has 1 saturated heterocycles. The molecule has 0 spiro atoms. The largest absolute Gasteiger partial charge is 0.497 e. The van der Waals surface area contributed by atoms with Crippen molar-refractivity contribution in [3.63, 3.8) is 0 Å². The van der Waals surface area contributed by atoms with Crippen molar-refractivity contribution in [3.8, 4) is 11.5 Å². The number of carbonyl (C=O) groups is 5. The Morgan fingerprint density at radius 1 is 0.787 bits per heavy atom. The molecule has 0 radical (unpaired) electrons. The third kappa shape index (κ3) is 14.2. The molecular weight excluding hydrogens is 796 g/mol. The van der Waals surface area contributed by atoms with E-state index in [4.69, 9.17) is 43.6 Å². The number of methoxy groups -OCH3 is 2. The number of primary amides is 1. The number of unbranched alkanes of at least 4 members (excludes halogenated alkanes) is 2. The first-order chi connectivity index (χ1) is 29.3. The van der Waals surface area contributed by atoms with Gasteiger partial charge < -0.3 is 59.2 Å². The maximum absolute atomic E-state index is 12.6. The van der Waals surface area contributed by atoms with E-state index < -0.39 is 72.1 Å². The van der Waals surface area contributed by atoms with Crippen LogP contribution in [0.2, 0.25) is 0 Å². The zero-order valence-corrected chi connectivity index (χ0v) is 34.8. The van der Waals surface area contributed by atoms with Crippen molar-refractivity contribution in [1.82, 2.24) is 5.32 Å². The van der Waals surface area contributed by atoms with Gasteiger partial charge in [0.05, 0.1) is 26.7 Å². The molecule has 6 atom stereocenters. The van der Waals surface area contributed by atoms with Gasteiger partial charge in [-0.3, -0.25) is 19.2 Å². The van der Waals surface area contributed by atoms with Crippen LogP contribution in [0.4, 0.5) is 4.79 Å². The molecular formula is C44H56N2O15. The maximum Gasteiger partial charge on any atom is 0.407 e. The van der Waals surface area contributed by atoms with E-state index in [1.165, 1.54) is 0 Å². The van der Waals surface area contributed by atoms with E-state index in [1.807, 2.05) is 78.9 Å². The fourth-order valence-corrected chi connectivity index (χ4v) is 7.11. The molecule has 1 aliphatic rings. The summed E-state index contributed by atoms with van der Waals surface area (Å²) < 4.78 is 45.6. The lowest BCUT2D eigenvalue weighted by Gasteiger charge is -2.45. The standard InChI is InChI=1S/C44H56N2O15/c1-28(47)59-40-36(25-38(45)50)42(61-37(21-22-39(51)52)41(40)60-29(2)48)56-24-10-6-9-23-46-43(53)57-26-33(49)27-58-44(30-11-7-5-8-12-30,31-13-17-34(54-3)18-14-31)32-15-19-35(55-4)20-16-32/h5,7-8,11-20,33,36-37,40-42,49H,6,9-10,21-27H2,1-4H3,(H2,45,50)(H,46,53)(H,51,52)/t33-,36+,37+,40+,41+,42+/m0/s1. The van der Waals surface area contributed by atoms with Gasteiger partial charge in [0, 0.05) is 39.8 Å². The molecule has 0 unspecified atom stereocenters. The third-order valence-corrected chi connectivity index (χ3v) is 9.90. The van der Waals surface area contributed by atoms with Crippen molar-refractivity contribution in [2.75, 3.05) is 40.6 Å². The minimum Gasteiger partial charge on any atom is -0.497 e. The number of carboxylic acids is 1. The van der Waals surface area contributed by atoms with Gasteiger partial charge in [-0.05, 0) is 66.6 Å². The average molecular weight is 853 g/mol. The highest BCUT2D eigenvalue weighted by Gasteiger charge is 2.50. The monoisotopic (exact) mass is 852 g/mol. The highest BCUT2D eigenvalue weighted by molar-refractivity contribution is 5.74. The Kier molecular flexibility index (Phi) is 18.8. The lowest BCUT2D eigenvalue weighted by molar-refractivity contribution is -0.287. The molecule has 3 aromatic carbocycles. The van der Waals surface area contributed by atoms with Crippen LogP contribution in [0.3, 0.4) is 0 Å². The second-order valence-electron chi connectivity index (χ2n) is 14.4. The number of ether oxygens (including phenoxy) is 8. The number of hydrogen-bond acceptors (Lipinski definition) is 14. The van der Waals surface area contributed by atoms with Crippen molar-refractivity contribution in [2.24, 2.45) is 11.7 Å². The number of carbonyl (C=O) groups excluding carboxylic acids is 4. The van der Waals surface area contributed by atoms with Gasteiger partial charge in [-0.25, -0.2) is 4.79 Å². The fourth-order valence-electron chi connectivity index (χ4n) is 7.11. The van der Waals surface area contributed by atoms with Crippen LogP contribution in [-0.4, -0.2) is 111 Å². The minimum absolute atomic E-state index is 0.0954. The van der Waals surface area contributed by atoms with Gasteiger partial charge in [-0.15, -0.1) is 0 Å². The van der Waals surface area contributed by atoms with Gasteiger partial charge in [0.2, 0.25) is 5.91 Å². The molecule has 0 saturated carbocycles. The van der Waals surface area contributed by atoms with Crippen LogP contribution in [0.25, 0.3) is 0 Å². The molecule has 0 aliphatic carbocycles. The Labute approximate surface area is 354 Å². The average Bonchev–Trinajstić information content (AvgIpc) is 3.24. The summed E-state index contributed by atoms with van der Waals surface area (Å²) in [6, 6.07) is 24.5. The number of nitrogens with one attached hydrogen (secondary N) is 1. The van der Waals surface area contributed by atoms with Crippen molar-refractivity contribution in [1.29, 1.82) is 0 Å². The number of aliphatic hydroxyl groups is 1. The highest BCUT2D eigenvalue weighted by Crippen LogP contribution is 2.42. The second-order valence-corrected chi connectivity index (χ2v) is 14.4. The van der Waals surface area contributed by atoms with E-state index in [2.05, 4.69) is 5.32 Å². The Bertz CT molecular complexity index is 1810. The Balaban J connectivity index is 1.30. The number of esters is 2. The summed E-state index contributed by atoms with van der Waals surface area (Å²) in [5.41, 5.74) is 6.68. The van der Waals surface area contributed by atoms with Crippen LogP contribution >= 0.6 is 0 Å². The van der Waals surface area contributed by atoms with Crippen molar-refractivity contribution in [2.45, 2.75) is 88.7 Å². The smallest absolute Gasteiger partial charge is 0.407 e. The number of rotatable bonds is 24. The second kappa shape index (κ2) is 23.9. The number of aliphatic hydroxyl groups excluding tert-OH is 1. The van der Waals surface area contributed by atoms with E-state index >= 15 is 0 Å². The van der Waals surface area contributed by atoms with Crippen molar-refractivity contribution >= 4 is 29.9 Å². The zero-order chi connectivity index (χ0) is 44.4. The number of carboxylic acid groups (broad SMARTS) is 1. The number of aliphatic carboxylic acids is 1. The first-order valence-electron chi connectivity index (χ1n) is 20.0. The summed E-state index contributed by atoms with van der Waals surface area (Å²) >= 11 is 0.